The maximum atomic E-state index is 3.16. The Labute approximate surface area is 159 Å². The van der Waals surface area contributed by atoms with E-state index < -0.39 is 0 Å². The fourth-order valence-electron chi connectivity index (χ4n) is 1.55. The summed E-state index contributed by atoms with van der Waals surface area (Å²) in [5.41, 5.74) is 1.24. The van der Waals surface area contributed by atoms with Gasteiger partial charge in [-0.15, -0.1) is 0 Å². The Kier molecular flexibility index (Phi) is 14.3. The van der Waals surface area contributed by atoms with E-state index in [9.17, 15) is 0 Å². The zero-order chi connectivity index (χ0) is 15.9. The van der Waals surface area contributed by atoms with Crippen LogP contribution in [0.5, 0.6) is 0 Å². The summed E-state index contributed by atoms with van der Waals surface area (Å²) in [6.45, 7) is 0.973. The predicted molar refractivity (Wildman–Crippen MR) is 101 cm³/mol. The standard InChI is InChI=1S/C9H12N.2C6H5.Sn.H2/c1-10(2)8-9-6-4-3-5-7-9;2*1-2-4-6-5-3-1;;/h3-6H,8H2,1-2H3;2*1-5H;;1H. The van der Waals surface area contributed by atoms with Gasteiger partial charge in [0.2, 0.25) is 0 Å². The molecule has 2 heteroatoms. The first-order valence-corrected chi connectivity index (χ1v) is 7.21. The average Bonchev–Trinajstić information content (AvgIpc) is 2.59. The van der Waals surface area contributed by atoms with Gasteiger partial charge in [0.25, 0.3) is 0 Å². The van der Waals surface area contributed by atoms with Gasteiger partial charge in [0.1, 0.15) is 0 Å². The molecule has 0 aliphatic rings. The Hall–Kier alpha value is -1.58. The van der Waals surface area contributed by atoms with Crippen LogP contribution < -0.4 is 0 Å². The van der Waals surface area contributed by atoms with Crippen molar-refractivity contribution >= 4 is 23.9 Å². The minimum absolute atomic E-state index is 0. The Morgan fingerprint density at radius 3 is 1.48 bits per heavy atom. The summed E-state index contributed by atoms with van der Waals surface area (Å²) in [7, 11) is 4.11. The number of hydrogen-bond acceptors (Lipinski definition) is 1. The smallest absolute Gasteiger partial charge is 0.0233 e. The van der Waals surface area contributed by atoms with E-state index in [2.05, 4.69) is 43.3 Å². The van der Waals surface area contributed by atoms with Crippen molar-refractivity contribution in [3.63, 3.8) is 0 Å². The Bertz CT molecular complexity index is 474. The molecule has 23 heavy (non-hydrogen) atoms. The molecule has 0 amide bonds. The fourth-order valence-corrected chi connectivity index (χ4v) is 1.55. The van der Waals surface area contributed by atoms with Crippen LogP contribution in [0.25, 0.3) is 0 Å². The van der Waals surface area contributed by atoms with E-state index in [1.165, 1.54) is 5.56 Å². The molecule has 0 bridgehead atoms. The van der Waals surface area contributed by atoms with Gasteiger partial charge in [-0.05, 0) is 37.9 Å². The van der Waals surface area contributed by atoms with E-state index in [4.69, 9.17) is 0 Å². The molecule has 3 rings (SSSR count). The van der Waals surface area contributed by atoms with Gasteiger partial charge in [0.05, 0.1) is 0 Å². The maximum absolute atomic E-state index is 3.16. The number of benzene rings is 3. The molecule has 0 heterocycles. The summed E-state index contributed by atoms with van der Waals surface area (Å²) in [4.78, 5) is 2.13. The summed E-state index contributed by atoms with van der Waals surface area (Å²) in [5.74, 6) is 0. The van der Waals surface area contributed by atoms with Crippen molar-refractivity contribution in [3.05, 3.63) is 109 Å². The Balaban J connectivity index is 0. The van der Waals surface area contributed by atoms with Gasteiger partial charge in [-0.1, -0.05) is 84.9 Å². The average molecular weight is 409 g/mol. The molecule has 3 aromatic carbocycles. The maximum Gasteiger partial charge on any atom is 0.0233 e. The molecule has 0 N–H and O–H groups in total. The van der Waals surface area contributed by atoms with Crippen LogP contribution in [-0.4, -0.2) is 42.9 Å². The summed E-state index contributed by atoms with van der Waals surface area (Å²) >= 11 is 0. The van der Waals surface area contributed by atoms with Crippen molar-refractivity contribution in [2.45, 2.75) is 6.54 Å². The van der Waals surface area contributed by atoms with Gasteiger partial charge in [0, 0.05) is 31.9 Å². The molecular formula is C21H24NSn. The summed E-state index contributed by atoms with van der Waals surface area (Å²) in [6.07, 6.45) is 0. The minimum atomic E-state index is 0. The molecular weight excluding hydrogens is 385 g/mol. The largest absolute Gasteiger partial charge is 0.305 e. The second-order valence-electron chi connectivity index (χ2n) is 4.78. The molecule has 1 nitrogen and oxygen atoms in total. The van der Waals surface area contributed by atoms with Crippen LogP contribution in [-0.2, 0) is 6.54 Å². The van der Waals surface area contributed by atoms with Crippen molar-refractivity contribution in [2.75, 3.05) is 14.1 Å². The Morgan fingerprint density at radius 2 is 1.22 bits per heavy atom. The molecule has 3 aromatic rings. The van der Waals surface area contributed by atoms with Gasteiger partial charge in [-0.2, -0.15) is 0 Å². The van der Waals surface area contributed by atoms with E-state index in [0.717, 1.165) is 6.54 Å². The number of rotatable bonds is 2. The van der Waals surface area contributed by atoms with Crippen LogP contribution >= 0.6 is 0 Å². The normalized spacial score (nSPS) is 8.65. The zero-order valence-corrected chi connectivity index (χ0v) is 16.6. The van der Waals surface area contributed by atoms with E-state index >= 15 is 0 Å². The molecule has 0 aliphatic heterocycles. The SMILES string of the molecule is CN(C)Cc1[c]cccc1.[HH].[Sn].[c]1ccccc1.[c]1ccccc1. The number of hydrogen-bond donors (Lipinski definition) is 0. The third-order valence-electron chi connectivity index (χ3n) is 2.47. The first kappa shape index (κ1) is 21.4. The molecule has 117 valence electrons. The fraction of sp³-hybridized carbons (Fsp3) is 0.143. The van der Waals surface area contributed by atoms with Crippen molar-refractivity contribution in [1.82, 2.24) is 4.90 Å². The van der Waals surface area contributed by atoms with Gasteiger partial charge in [0.15, 0.2) is 0 Å². The van der Waals surface area contributed by atoms with Gasteiger partial charge < -0.3 is 4.90 Å². The Morgan fingerprint density at radius 1 is 0.739 bits per heavy atom. The molecule has 0 saturated carbocycles. The van der Waals surface area contributed by atoms with Crippen LogP contribution in [0, 0.1) is 18.2 Å². The second-order valence-corrected chi connectivity index (χ2v) is 4.78. The molecule has 0 fully saturated rings. The first-order valence-electron chi connectivity index (χ1n) is 7.21. The van der Waals surface area contributed by atoms with Crippen LogP contribution in [0.15, 0.2) is 84.9 Å². The van der Waals surface area contributed by atoms with Crippen molar-refractivity contribution in [1.29, 1.82) is 0 Å². The van der Waals surface area contributed by atoms with E-state index in [0.29, 0.717) is 0 Å². The second kappa shape index (κ2) is 15.3. The van der Waals surface area contributed by atoms with E-state index in [-0.39, 0.29) is 25.3 Å². The van der Waals surface area contributed by atoms with E-state index in [1.54, 1.807) is 0 Å². The molecule has 0 atom stereocenters. The third-order valence-corrected chi connectivity index (χ3v) is 2.47. The van der Waals surface area contributed by atoms with Gasteiger partial charge in [-0.25, -0.2) is 0 Å². The van der Waals surface area contributed by atoms with Crippen molar-refractivity contribution < 1.29 is 1.43 Å². The van der Waals surface area contributed by atoms with Crippen molar-refractivity contribution in [2.24, 2.45) is 0 Å². The monoisotopic (exact) mass is 410 g/mol. The zero-order valence-electron chi connectivity index (χ0n) is 13.7. The van der Waals surface area contributed by atoms with Crippen LogP contribution in [0.2, 0.25) is 0 Å². The quantitative estimate of drug-likeness (QED) is 0.568. The molecule has 0 aromatic heterocycles. The first-order chi connectivity index (χ1) is 10.8. The minimum Gasteiger partial charge on any atom is -0.305 e. The summed E-state index contributed by atoms with van der Waals surface area (Å²) < 4.78 is 0. The van der Waals surface area contributed by atoms with Gasteiger partial charge >= 0.3 is 0 Å². The van der Waals surface area contributed by atoms with Crippen LogP contribution in [0.4, 0.5) is 0 Å². The molecule has 7 radical (unpaired) electrons. The predicted octanol–water partition coefficient (Wildman–Crippen LogP) is 4.39. The number of nitrogens with zero attached hydrogens (tertiary/aromatic N) is 1. The molecule has 0 aliphatic carbocycles. The van der Waals surface area contributed by atoms with Crippen LogP contribution in [0.1, 0.15) is 6.99 Å². The summed E-state index contributed by atoms with van der Waals surface area (Å²) in [6, 6.07) is 36.2. The summed E-state index contributed by atoms with van der Waals surface area (Å²) in [5, 5.41) is 0. The van der Waals surface area contributed by atoms with Crippen molar-refractivity contribution in [3.8, 4) is 0 Å². The molecule has 0 unspecified atom stereocenters. The van der Waals surface area contributed by atoms with E-state index in [1.807, 2.05) is 78.9 Å². The topological polar surface area (TPSA) is 3.24 Å². The van der Waals surface area contributed by atoms with Gasteiger partial charge in [-0.3, -0.25) is 0 Å². The third kappa shape index (κ3) is 13.8. The molecule has 0 spiro atoms. The van der Waals surface area contributed by atoms with Crippen LogP contribution in [0.3, 0.4) is 0 Å². The molecule has 0 saturated heterocycles.